The van der Waals surface area contributed by atoms with E-state index in [0.717, 1.165) is 12.6 Å². The zero-order valence-electron chi connectivity index (χ0n) is 11.8. The van der Waals surface area contributed by atoms with E-state index in [0.29, 0.717) is 11.5 Å². The molecule has 0 spiro atoms. The van der Waals surface area contributed by atoms with Crippen molar-refractivity contribution in [3.63, 3.8) is 0 Å². The Hall–Kier alpha value is -0.0800. The highest BCUT2D eigenvalue weighted by atomic mass is 15.2. The molecule has 2 nitrogen and oxygen atoms in total. The van der Waals surface area contributed by atoms with Gasteiger partial charge in [0.15, 0.2) is 0 Å². The fourth-order valence-corrected chi connectivity index (χ4v) is 2.52. The number of nitrogens with one attached hydrogen (secondary N) is 1. The largest absolute Gasteiger partial charge is 0.314 e. The van der Waals surface area contributed by atoms with Crippen molar-refractivity contribution in [2.24, 2.45) is 5.41 Å². The maximum atomic E-state index is 3.61. The predicted molar refractivity (Wildman–Crippen MR) is 71.8 cm³/mol. The van der Waals surface area contributed by atoms with E-state index in [9.17, 15) is 0 Å². The summed E-state index contributed by atoms with van der Waals surface area (Å²) in [5.41, 5.74) is 0.441. The Morgan fingerprint density at radius 2 is 2.00 bits per heavy atom. The van der Waals surface area contributed by atoms with Gasteiger partial charge in [0.1, 0.15) is 0 Å². The molecule has 2 heteroatoms. The third-order valence-electron chi connectivity index (χ3n) is 3.59. The summed E-state index contributed by atoms with van der Waals surface area (Å²) < 4.78 is 0. The average molecular weight is 226 g/mol. The third kappa shape index (κ3) is 4.84. The monoisotopic (exact) mass is 226 g/mol. The molecule has 1 unspecified atom stereocenters. The molecule has 0 aromatic rings. The zero-order chi connectivity index (χ0) is 12.2. The fourth-order valence-electron chi connectivity index (χ4n) is 2.52. The van der Waals surface area contributed by atoms with Crippen LogP contribution in [0.1, 0.15) is 53.4 Å². The number of nitrogens with zero attached hydrogens (tertiary/aromatic N) is 1. The topological polar surface area (TPSA) is 15.3 Å². The molecule has 16 heavy (non-hydrogen) atoms. The molecule has 0 radical (unpaired) electrons. The molecule has 1 atom stereocenters. The van der Waals surface area contributed by atoms with Gasteiger partial charge >= 0.3 is 0 Å². The Bertz CT molecular complexity index is 199. The molecule has 1 aliphatic carbocycles. The van der Waals surface area contributed by atoms with E-state index in [4.69, 9.17) is 0 Å². The average Bonchev–Trinajstić information content (AvgIpc) is 2.98. The molecule has 1 fully saturated rings. The standard InChI is InChI=1S/C14H30N2/c1-6-9-14(4,10-15-12(2)3)11-16(5)13-7-8-13/h12-13,15H,6-11H2,1-5H3. The highest BCUT2D eigenvalue weighted by molar-refractivity contribution is 4.88. The van der Waals surface area contributed by atoms with E-state index in [1.54, 1.807) is 0 Å². The number of hydrogen-bond donors (Lipinski definition) is 1. The van der Waals surface area contributed by atoms with E-state index < -0.39 is 0 Å². The minimum Gasteiger partial charge on any atom is -0.314 e. The molecule has 0 saturated heterocycles. The van der Waals surface area contributed by atoms with Crippen molar-refractivity contribution in [3.05, 3.63) is 0 Å². The van der Waals surface area contributed by atoms with Crippen LogP contribution >= 0.6 is 0 Å². The number of hydrogen-bond acceptors (Lipinski definition) is 2. The Balaban J connectivity index is 2.41. The van der Waals surface area contributed by atoms with Crippen molar-refractivity contribution < 1.29 is 0 Å². The third-order valence-corrected chi connectivity index (χ3v) is 3.59. The van der Waals surface area contributed by atoms with Crippen molar-refractivity contribution in [1.29, 1.82) is 0 Å². The molecule has 0 heterocycles. The minimum absolute atomic E-state index is 0.441. The van der Waals surface area contributed by atoms with Gasteiger partial charge in [0.05, 0.1) is 0 Å². The molecular weight excluding hydrogens is 196 g/mol. The SMILES string of the molecule is CCCC(C)(CNC(C)C)CN(C)C1CC1. The molecule has 1 aliphatic rings. The van der Waals surface area contributed by atoms with Crippen LogP contribution in [0, 0.1) is 5.41 Å². The summed E-state index contributed by atoms with van der Waals surface area (Å²) in [6, 6.07) is 1.48. The van der Waals surface area contributed by atoms with Crippen LogP contribution in [0.4, 0.5) is 0 Å². The van der Waals surface area contributed by atoms with Gasteiger partial charge in [-0.2, -0.15) is 0 Å². The normalized spacial score (nSPS) is 20.4. The first-order chi connectivity index (χ1) is 7.47. The maximum Gasteiger partial charge on any atom is 0.00936 e. The van der Waals surface area contributed by atoms with Crippen LogP contribution < -0.4 is 5.32 Å². The van der Waals surface area contributed by atoms with Crippen LogP contribution in [0.5, 0.6) is 0 Å². The molecule has 96 valence electrons. The number of rotatable bonds is 8. The van der Waals surface area contributed by atoms with Crippen molar-refractivity contribution >= 4 is 0 Å². The van der Waals surface area contributed by atoms with Crippen LogP contribution in [-0.4, -0.2) is 37.1 Å². The lowest BCUT2D eigenvalue weighted by atomic mass is 9.84. The highest BCUT2D eigenvalue weighted by Crippen LogP contribution is 2.31. The molecule has 0 aromatic heterocycles. The van der Waals surface area contributed by atoms with Crippen LogP contribution in [0.3, 0.4) is 0 Å². The highest BCUT2D eigenvalue weighted by Gasteiger charge is 2.32. The first-order valence-corrected chi connectivity index (χ1v) is 6.90. The predicted octanol–water partition coefficient (Wildman–Crippen LogP) is 2.89. The van der Waals surface area contributed by atoms with Crippen LogP contribution in [0.2, 0.25) is 0 Å². The second-order valence-corrected chi connectivity index (χ2v) is 6.24. The van der Waals surface area contributed by atoms with Crippen LogP contribution in [-0.2, 0) is 0 Å². The zero-order valence-corrected chi connectivity index (χ0v) is 11.8. The van der Waals surface area contributed by atoms with Gasteiger partial charge in [-0.05, 0) is 31.7 Å². The Morgan fingerprint density at radius 3 is 2.44 bits per heavy atom. The summed E-state index contributed by atoms with van der Waals surface area (Å²) in [6.45, 7) is 11.6. The Morgan fingerprint density at radius 1 is 1.38 bits per heavy atom. The fraction of sp³-hybridized carbons (Fsp3) is 1.00. The summed E-state index contributed by atoms with van der Waals surface area (Å²) in [4.78, 5) is 2.57. The van der Waals surface area contributed by atoms with Crippen molar-refractivity contribution in [2.75, 3.05) is 20.1 Å². The minimum atomic E-state index is 0.441. The van der Waals surface area contributed by atoms with E-state index >= 15 is 0 Å². The molecule has 1 rings (SSSR count). The molecule has 0 bridgehead atoms. The summed E-state index contributed by atoms with van der Waals surface area (Å²) >= 11 is 0. The van der Waals surface area contributed by atoms with Gasteiger partial charge in [0, 0.05) is 25.2 Å². The second-order valence-electron chi connectivity index (χ2n) is 6.24. The summed E-state index contributed by atoms with van der Waals surface area (Å²) in [5.74, 6) is 0. The molecule has 1 N–H and O–H groups in total. The van der Waals surface area contributed by atoms with Gasteiger partial charge in [-0.25, -0.2) is 0 Å². The van der Waals surface area contributed by atoms with Crippen molar-refractivity contribution in [1.82, 2.24) is 10.2 Å². The van der Waals surface area contributed by atoms with Gasteiger partial charge in [0.2, 0.25) is 0 Å². The lowest BCUT2D eigenvalue weighted by Crippen LogP contribution is -2.43. The lowest BCUT2D eigenvalue weighted by molar-refractivity contribution is 0.164. The summed E-state index contributed by atoms with van der Waals surface area (Å²) in [5, 5.41) is 3.61. The van der Waals surface area contributed by atoms with Gasteiger partial charge in [-0.15, -0.1) is 0 Å². The Labute approximate surface area is 102 Å². The van der Waals surface area contributed by atoms with Gasteiger partial charge in [0.25, 0.3) is 0 Å². The van der Waals surface area contributed by atoms with Gasteiger partial charge in [-0.3, -0.25) is 0 Å². The molecular formula is C14H30N2. The second kappa shape index (κ2) is 6.02. The van der Waals surface area contributed by atoms with E-state index in [-0.39, 0.29) is 0 Å². The summed E-state index contributed by atoms with van der Waals surface area (Å²) in [7, 11) is 2.29. The van der Waals surface area contributed by atoms with Gasteiger partial charge in [-0.1, -0.05) is 34.1 Å². The lowest BCUT2D eigenvalue weighted by Gasteiger charge is -2.35. The molecule has 0 aromatic carbocycles. The van der Waals surface area contributed by atoms with Crippen molar-refractivity contribution in [3.8, 4) is 0 Å². The molecule has 1 saturated carbocycles. The molecule has 0 aliphatic heterocycles. The van der Waals surface area contributed by atoms with Crippen LogP contribution in [0.15, 0.2) is 0 Å². The first kappa shape index (κ1) is 14.0. The van der Waals surface area contributed by atoms with Gasteiger partial charge < -0.3 is 10.2 Å². The van der Waals surface area contributed by atoms with Crippen LogP contribution in [0.25, 0.3) is 0 Å². The molecule has 0 amide bonds. The first-order valence-electron chi connectivity index (χ1n) is 6.90. The van der Waals surface area contributed by atoms with E-state index in [2.05, 4.69) is 45.0 Å². The van der Waals surface area contributed by atoms with E-state index in [1.165, 1.54) is 32.2 Å². The van der Waals surface area contributed by atoms with Crippen molar-refractivity contribution in [2.45, 2.75) is 65.5 Å². The Kier molecular flexibility index (Phi) is 5.26. The summed E-state index contributed by atoms with van der Waals surface area (Å²) in [6.07, 6.45) is 5.44. The smallest absolute Gasteiger partial charge is 0.00936 e. The maximum absolute atomic E-state index is 3.61. The quantitative estimate of drug-likeness (QED) is 0.684. The van der Waals surface area contributed by atoms with E-state index in [1.807, 2.05) is 0 Å².